The van der Waals surface area contributed by atoms with Gasteiger partial charge in [0.1, 0.15) is 28.9 Å². The van der Waals surface area contributed by atoms with Crippen molar-refractivity contribution in [1.29, 1.82) is 0 Å². The smallest absolute Gasteiger partial charge is 0.275 e. The van der Waals surface area contributed by atoms with Gasteiger partial charge in [-0.25, -0.2) is 9.37 Å². The summed E-state index contributed by atoms with van der Waals surface area (Å²) in [6.45, 7) is 2.26. The van der Waals surface area contributed by atoms with Gasteiger partial charge in [0, 0.05) is 10.4 Å². The molecule has 0 fully saturated rings. The molecule has 1 aromatic heterocycles. The van der Waals surface area contributed by atoms with E-state index >= 15 is 0 Å². The molecule has 0 radical (unpaired) electrons. The number of rotatable bonds is 5. The maximum atomic E-state index is 13.7. The highest BCUT2D eigenvalue weighted by atomic mass is 35.5. The van der Waals surface area contributed by atoms with Crippen LogP contribution in [0.5, 0.6) is 5.75 Å². The topological polar surface area (TPSA) is 51.2 Å². The number of aryl methyl sites for hydroxylation is 1. The fourth-order valence-corrected chi connectivity index (χ4v) is 2.88. The number of hydrogen-bond donors (Lipinski definition) is 1. The van der Waals surface area contributed by atoms with Crippen molar-refractivity contribution in [3.63, 3.8) is 0 Å². The number of benzene rings is 2. The van der Waals surface area contributed by atoms with Gasteiger partial charge in [0.05, 0.1) is 5.69 Å². The highest BCUT2D eigenvalue weighted by Gasteiger charge is 2.13. The molecule has 0 bridgehead atoms. The number of nitrogens with zero attached hydrogens (tertiary/aromatic N) is 1. The molecule has 0 aliphatic carbocycles. The van der Waals surface area contributed by atoms with Crippen molar-refractivity contribution < 1.29 is 13.9 Å². The van der Waals surface area contributed by atoms with Crippen LogP contribution in [0.15, 0.2) is 47.8 Å². The van der Waals surface area contributed by atoms with E-state index in [1.807, 2.05) is 31.2 Å². The average Bonchev–Trinajstić information content (AvgIpc) is 3.06. The number of thiazole rings is 1. The summed E-state index contributed by atoms with van der Waals surface area (Å²) in [5, 5.41) is 5.00. The Morgan fingerprint density at radius 2 is 2.04 bits per heavy atom. The Morgan fingerprint density at radius 3 is 2.76 bits per heavy atom. The number of nitrogens with one attached hydrogen (secondary N) is 1. The summed E-state index contributed by atoms with van der Waals surface area (Å²) in [4.78, 5) is 16.4. The second-order valence-electron chi connectivity index (χ2n) is 5.31. The van der Waals surface area contributed by atoms with Gasteiger partial charge in [0.2, 0.25) is 0 Å². The molecule has 0 unspecified atom stereocenters. The molecule has 3 rings (SSSR count). The second kappa shape index (κ2) is 7.63. The predicted octanol–water partition coefficient (Wildman–Crippen LogP) is 5.08. The molecule has 3 aromatic rings. The van der Waals surface area contributed by atoms with Gasteiger partial charge in [-0.15, -0.1) is 11.3 Å². The Kier molecular flexibility index (Phi) is 5.31. The van der Waals surface area contributed by atoms with Gasteiger partial charge in [0.15, 0.2) is 0 Å². The van der Waals surface area contributed by atoms with Gasteiger partial charge in [-0.05, 0) is 37.3 Å². The summed E-state index contributed by atoms with van der Waals surface area (Å²) in [6.07, 6.45) is 0. The van der Waals surface area contributed by atoms with Crippen molar-refractivity contribution in [2.75, 3.05) is 5.32 Å². The Morgan fingerprint density at radius 1 is 1.28 bits per heavy atom. The van der Waals surface area contributed by atoms with Crippen LogP contribution < -0.4 is 10.1 Å². The van der Waals surface area contributed by atoms with Crippen molar-refractivity contribution in [3.05, 3.63) is 74.9 Å². The predicted molar refractivity (Wildman–Crippen MR) is 97.0 cm³/mol. The maximum Gasteiger partial charge on any atom is 0.275 e. The highest BCUT2D eigenvalue weighted by Crippen LogP contribution is 2.20. The van der Waals surface area contributed by atoms with Gasteiger partial charge < -0.3 is 10.1 Å². The Labute approximate surface area is 153 Å². The number of ether oxygens (including phenoxy) is 1. The van der Waals surface area contributed by atoms with E-state index in [4.69, 9.17) is 16.3 Å². The van der Waals surface area contributed by atoms with Gasteiger partial charge >= 0.3 is 0 Å². The van der Waals surface area contributed by atoms with Crippen molar-refractivity contribution in [2.24, 2.45) is 0 Å². The molecule has 1 amide bonds. The van der Waals surface area contributed by atoms with Crippen molar-refractivity contribution >= 4 is 34.5 Å². The molecule has 7 heteroatoms. The highest BCUT2D eigenvalue weighted by molar-refractivity contribution is 7.09. The Hall–Kier alpha value is -2.44. The number of hydrogen-bond acceptors (Lipinski definition) is 4. The molecule has 1 N–H and O–H groups in total. The minimum Gasteiger partial charge on any atom is -0.486 e. The van der Waals surface area contributed by atoms with E-state index in [9.17, 15) is 9.18 Å². The number of carbonyl (C=O) groups is 1. The van der Waals surface area contributed by atoms with Crippen LogP contribution in [0.3, 0.4) is 0 Å². The first kappa shape index (κ1) is 17.4. The molecular formula is C18H14ClFN2O2S. The van der Waals surface area contributed by atoms with Gasteiger partial charge in [-0.3, -0.25) is 4.79 Å². The lowest BCUT2D eigenvalue weighted by Crippen LogP contribution is -2.13. The summed E-state index contributed by atoms with van der Waals surface area (Å²) >= 11 is 7.00. The monoisotopic (exact) mass is 376 g/mol. The molecule has 4 nitrogen and oxygen atoms in total. The Bertz CT molecular complexity index is 896. The van der Waals surface area contributed by atoms with E-state index in [-0.39, 0.29) is 23.0 Å². The first-order valence-electron chi connectivity index (χ1n) is 7.41. The molecule has 0 aliphatic heterocycles. The third-order valence-electron chi connectivity index (χ3n) is 3.35. The fraction of sp³-hybridized carbons (Fsp3) is 0.111. The number of aromatic nitrogens is 1. The quantitative estimate of drug-likeness (QED) is 0.675. The molecule has 0 atom stereocenters. The van der Waals surface area contributed by atoms with Gasteiger partial charge in [-0.1, -0.05) is 29.3 Å². The van der Waals surface area contributed by atoms with Crippen LogP contribution in [0.25, 0.3) is 0 Å². The zero-order chi connectivity index (χ0) is 17.8. The summed E-state index contributed by atoms with van der Waals surface area (Å²) in [5.41, 5.74) is 1.41. The fourth-order valence-electron chi connectivity index (χ4n) is 2.04. The van der Waals surface area contributed by atoms with Crippen molar-refractivity contribution in [2.45, 2.75) is 13.5 Å². The van der Waals surface area contributed by atoms with E-state index in [0.717, 1.165) is 17.4 Å². The number of amides is 1. The van der Waals surface area contributed by atoms with Crippen LogP contribution in [0, 0.1) is 12.7 Å². The summed E-state index contributed by atoms with van der Waals surface area (Å²) in [6, 6.07) is 11.7. The van der Waals surface area contributed by atoms with Crippen LogP contribution in [0.2, 0.25) is 5.02 Å². The lowest BCUT2D eigenvalue weighted by molar-refractivity contribution is 0.102. The minimum atomic E-state index is -0.598. The molecule has 0 saturated heterocycles. The maximum absolute atomic E-state index is 13.7. The van der Waals surface area contributed by atoms with Crippen LogP contribution in [0.1, 0.15) is 21.1 Å². The van der Waals surface area contributed by atoms with Crippen LogP contribution in [-0.2, 0) is 6.61 Å². The lowest BCUT2D eigenvalue weighted by atomic mass is 10.2. The molecule has 0 spiro atoms. The molecule has 0 saturated carbocycles. The minimum absolute atomic E-state index is 0.0554. The first-order valence-corrected chi connectivity index (χ1v) is 8.67. The molecular weight excluding hydrogens is 363 g/mol. The number of halogens is 2. The molecule has 2 aromatic carbocycles. The third kappa shape index (κ3) is 4.55. The SMILES string of the molecule is Cc1ccc(OCc2nc(C(=O)Nc3ccc(Cl)cc3F)cs2)cc1. The summed E-state index contributed by atoms with van der Waals surface area (Å²) in [7, 11) is 0. The van der Waals surface area contributed by atoms with E-state index in [1.54, 1.807) is 5.38 Å². The van der Waals surface area contributed by atoms with E-state index in [1.165, 1.54) is 23.5 Å². The van der Waals surface area contributed by atoms with E-state index in [0.29, 0.717) is 5.01 Å². The third-order valence-corrected chi connectivity index (χ3v) is 4.40. The van der Waals surface area contributed by atoms with Gasteiger partial charge in [-0.2, -0.15) is 0 Å². The average molecular weight is 377 g/mol. The normalized spacial score (nSPS) is 10.5. The largest absolute Gasteiger partial charge is 0.486 e. The van der Waals surface area contributed by atoms with Crippen LogP contribution in [0.4, 0.5) is 10.1 Å². The zero-order valence-electron chi connectivity index (χ0n) is 13.3. The molecule has 128 valence electrons. The summed E-state index contributed by atoms with van der Waals surface area (Å²) in [5.74, 6) is -0.354. The van der Waals surface area contributed by atoms with E-state index in [2.05, 4.69) is 10.3 Å². The number of anilines is 1. The molecule has 0 aliphatic rings. The standard InChI is InChI=1S/C18H14ClFN2O2S/c1-11-2-5-13(6-3-11)24-9-17-21-16(10-25-17)18(23)22-15-7-4-12(19)8-14(15)20/h2-8,10H,9H2,1H3,(H,22,23). The zero-order valence-corrected chi connectivity index (χ0v) is 14.8. The first-order chi connectivity index (χ1) is 12.0. The second-order valence-corrected chi connectivity index (χ2v) is 6.69. The van der Waals surface area contributed by atoms with Gasteiger partial charge in [0.25, 0.3) is 5.91 Å². The van der Waals surface area contributed by atoms with Crippen LogP contribution >= 0.6 is 22.9 Å². The van der Waals surface area contributed by atoms with Crippen molar-refractivity contribution in [1.82, 2.24) is 4.98 Å². The molecule has 25 heavy (non-hydrogen) atoms. The molecule has 1 heterocycles. The van der Waals surface area contributed by atoms with Crippen LogP contribution in [-0.4, -0.2) is 10.9 Å². The van der Waals surface area contributed by atoms with E-state index < -0.39 is 11.7 Å². The summed E-state index contributed by atoms with van der Waals surface area (Å²) < 4.78 is 19.4. The number of carbonyl (C=O) groups excluding carboxylic acids is 1. The Balaban J connectivity index is 1.62. The lowest BCUT2D eigenvalue weighted by Gasteiger charge is -2.05. The van der Waals surface area contributed by atoms with Crippen molar-refractivity contribution in [3.8, 4) is 5.75 Å².